The molecule has 112 valence electrons. The van der Waals surface area contributed by atoms with Crippen LogP contribution in [0, 0.1) is 0 Å². The van der Waals surface area contributed by atoms with E-state index >= 15 is 0 Å². The van der Waals surface area contributed by atoms with Gasteiger partial charge in [-0.1, -0.05) is 6.07 Å². The maximum Gasteiger partial charge on any atom is 0.416 e. The Morgan fingerprint density at radius 1 is 1.33 bits per heavy atom. The van der Waals surface area contributed by atoms with Gasteiger partial charge in [-0.25, -0.2) is 5.48 Å². The molecule has 21 heavy (non-hydrogen) atoms. The first kappa shape index (κ1) is 15.0. The van der Waals surface area contributed by atoms with Crippen LogP contribution in [0.2, 0.25) is 0 Å². The van der Waals surface area contributed by atoms with E-state index in [9.17, 15) is 18.0 Å². The predicted octanol–water partition coefficient (Wildman–Crippen LogP) is 2.26. The first-order valence-corrected chi connectivity index (χ1v) is 6.03. The molecule has 5 nitrogen and oxygen atoms in total. The van der Waals surface area contributed by atoms with Crippen molar-refractivity contribution in [2.24, 2.45) is 0 Å². The number of halogens is 3. The molecule has 0 fully saturated rings. The number of hydrogen-bond donors (Lipinski definition) is 1. The molecule has 2 aromatic rings. The number of amides is 1. The van der Waals surface area contributed by atoms with Gasteiger partial charge in [-0.3, -0.25) is 14.3 Å². The van der Waals surface area contributed by atoms with Crippen LogP contribution in [0.4, 0.5) is 13.2 Å². The zero-order chi connectivity index (χ0) is 15.3. The highest BCUT2D eigenvalue weighted by Crippen LogP contribution is 2.29. The Kier molecular flexibility index (Phi) is 4.59. The Labute approximate surface area is 118 Å². The lowest BCUT2D eigenvalue weighted by atomic mass is 10.1. The van der Waals surface area contributed by atoms with Gasteiger partial charge in [0.25, 0.3) is 5.91 Å². The molecular weight excluding hydrogens is 287 g/mol. The summed E-state index contributed by atoms with van der Waals surface area (Å²) in [7, 11) is 0. The molecule has 1 aromatic carbocycles. The molecule has 8 heteroatoms. The molecule has 1 amide bonds. The molecule has 0 radical (unpaired) electrons. The van der Waals surface area contributed by atoms with E-state index in [4.69, 9.17) is 4.84 Å². The SMILES string of the molecule is O=C(NOCCn1cccn1)c1cccc(C(F)(F)F)c1. The Balaban J connectivity index is 1.85. The molecule has 1 aromatic heterocycles. The number of nitrogens with zero attached hydrogens (tertiary/aromatic N) is 2. The average Bonchev–Trinajstić information content (AvgIpc) is 2.96. The number of hydrogen-bond acceptors (Lipinski definition) is 3. The minimum absolute atomic E-state index is 0.121. The molecule has 0 saturated heterocycles. The Morgan fingerprint density at radius 3 is 2.81 bits per heavy atom. The second kappa shape index (κ2) is 6.40. The number of aromatic nitrogens is 2. The summed E-state index contributed by atoms with van der Waals surface area (Å²) in [5.41, 5.74) is 1.09. The normalized spacial score (nSPS) is 11.4. The summed E-state index contributed by atoms with van der Waals surface area (Å²) in [4.78, 5) is 16.6. The minimum Gasteiger partial charge on any atom is -0.271 e. The summed E-state index contributed by atoms with van der Waals surface area (Å²) in [5, 5.41) is 3.93. The Morgan fingerprint density at radius 2 is 2.14 bits per heavy atom. The zero-order valence-electron chi connectivity index (χ0n) is 10.8. The van der Waals surface area contributed by atoms with Crippen molar-refractivity contribution in [2.75, 3.05) is 6.61 Å². The van der Waals surface area contributed by atoms with Crippen molar-refractivity contribution < 1.29 is 22.8 Å². The first-order chi connectivity index (χ1) is 9.97. The van der Waals surface area contributed by atoms with Gasteiger partial charge in [-0.15, -0.1) is 0 Å². The van der Waals surface area contributed by atoms with Crippen LogP contribution >= 0.6 is 0 Å². The molecule has 1 N–H and O–H groups in total. The maximum atomic E-state index is 12.5. The van der Waals surface area contributed by atoms with Crippen molar-refractivity contribution in [1.82, 2.24) is 15.3 Å². The number of hydroxylamine groups is 1. The number of benzene rings is 1. The van der Waals surface area contributed by atoms with Crippen LogP contribution < -0.4 is 5.48 Å². The van der Waals surface area contributed by atoms with Crippen molar-refractivity contribution in [3.05, 3.63) is 53.9 Å². The van der Waals surface area contributed by atoms with Gasteiger partial charge in [0.15, 0.2) is 0 Å². The maximum absolute atomic E-state index is 12.5. The third-order valence-corrected chi connectivity index (χ3v) is 2.60. The van der Waals surface area contributed by atoms with Crippen LogP contribution in [0.5, 0.6) is 0 Å². The highest BCUT2D eigenvalue weighted by molar-refractivity contribution is 5.93. The topological polar surface area (TPSA) is 56.1 Å². The van der Waals surface area contributed by atoms with E-state index in [-0.39, 0.29) is 12.2 Å². The van der Waals surface area contributed by atoms with E-state index in [0.717, 1.165) is 12.1 Å². The standard InChI is InChI=1S/C13H12F3N3O2/c14-13(15,16)11-4-1-3-10(9-11)12(20)18-21-8-7-19-6-2-5-17-19/h1-6,9H,7-8H2,(H,18,20). The van der Waals surface area contributed by atoms with Gasteiger partial charge < -0.3 is 0 Å². The van der Waals surface area contributed by atoms with Crippen molar-refractivity contribution >= 4 is 5.91 Å². The van der Waals surface area contributed by atoms with Crippen LogP contribution in [0.1, 0.15) is 15.9 Å². The fraction of sp³-hybridized carbons (Fsp3) is 0.231. The molecule has 0 aliphatic carbocycles. The first-order valence-electron chi connectivity index (χ1n) is 6.03. The molecule has 0 bridgehead atoms. The molecule has 0 saturated carbocycles. The van der Waals surface area contributed by atoms with Gasteiger partial charge in [0.2, 0.25) is 0 Å². The van der Waals surface area contributed by atoms with Crippen molar-refractivity contribution in [3.8, 4) is 0 Å². The number of rotatable bonds is 5. The van der Waals surface area contributed by atoms with Gasteiger partial charge in [0, 0.05) is 18.0 Å². The molecule has 0 atom stereocenters. The van der Waals surface area contributed by atoms with Crippen LogP contribution in [-0.4, -0.2) is 22.3 Å². The van der Waals surface area contributed by atoms with Gasteiger partial charge in [0.05, 0.1) is 18.7 Å². The predicted molar refractivity (Wildman–Crippen MR) is 67.1 cm³/mol. The van der Waals surface area contributed by atoms with Gasteiger partial charge >= 0.3 is 6.18 Å². The summed E-state index contributed by atoms with van der Waals surface area (Å²) in [5.74, 6) is -0.735. The summed E-state index contributed by atoms with van der Waals surface area (Å²) in [6.07, 6.45) is -1.17. The third-order valence-electron chi connectivity index (χ3n) is 2.60. The lowest BCUT2D eigenvalue weighted by Gasteiger charge is -2.09. The lowest BCUT2D eigenvalue weighted by Crippen LogP contribution is -2.26. The summed E-state index contributed by atoms with van der Waals surface area (Å²) in [6, 6.07) is 5.85. The average molecular weight is 299 g/mol. The lowest BCUT2D eigenvalue weighted by molar-refractivity contribution is -0.137. The van der Waals surface area contributed by atoms with Crippen molar-refractivity contribution in [1.29, 1.82) is 0 Å². The number of alkyl halides is 3. The quantitative estimate of drug-likeness (QED) is 0.680. The smallest absolute Gasteiger partial charge is 0.271 e. The van der Waals surface area contributed by atoms with E-state index in [1.165, 1.54) is 12.1 Å². The largest absolute Gasteiger partial charge is 0.416 e. The van der Waals surface area contributed by atoms with E-state index in [0.29, 0.717) is 6.54 Å². The van der Waals surface area contributed by atoms with Crippen LogP contribution in [0.3, 0.4) is 0 Å². The summed E-state index contributed by atoms with van der Waals surface area (Å²) < 4.78 is 39.2. The second-order valence-electron chi connectivity index (χ2n) is 4.13. The molecular formula is C13H12F3N3O2. The van der Waals surface area contributed by atoms with E-state index in [2.05, 4.69) is 10.6 Å². The summed E-state index contributed by atoms with van der Waals surface area (Å²) in [6.45, 7) is 0.558. The van der Waals surface area contributed by atoms with Gasteiger partial charge in [-0.2, -0.15) is 18.3 Å². The van der Waals surface area contributed by atoms with E-state index in [1.807, 2.05) is 0 Å². The molecule has 0 spiro atoms. The van der Waals surface area contributed by atoms with Crippen LogP contribution in [-0.2, 0) is 17.6 Å². The van der Waals surface area contributed by atoms with Gasteiger partial charge in [0.1, 0.15) is 0 Å². The third kappa shape index (κ3) is 4.32. The number of carbonyl (C=O) groups is 1. The fourth-order valence-corrected chi connectivity index (χ4v) is 1.58. The molecule has 1 heterocycles. The zero-order valence-corrected chi connectivity index (χ0v) is 10.8. The second-order valence-corrected chi connectivity index (χ2v) is 4.13. The number of carbonyl (C=O) groups excluding carboxylic acids is 1. The van der Waals surface area contributed by atoms with Gasteiger partial charge in [-0.05, 0) is 24.3 Å². The Hall–Kier alpha value is -2.35. The molecule has 0 aliphatic rings. The number of nitrogens with one attached hydrogen (secondary N) is 1. The molecule has 2 rings (SSSR count). The van der Waals surface area contributed by atoms with Crippen molar-refractivity contribution in [3.63, 3.8) is 0 Å². The monoisotopic (exact) mass is 299 g/mol. The fourth-order valence-electron chi connectivity index (χ4n) is 1.58. The Bertz CT molecular complexity index is 597. The molecule has 0 unspecified atom stereocenters. The highest BCUT2D eigenvalue weighted by atomic mass is 19.4. The van der Waals surface area contributed by atoms with E-state index < -0.39 is 17.6 Å². The highest BCUT2D eigenvalue weighted by Gasteiger charge is 2.30. The molecule has 0 aliphatic heterocycles. The van der Waals surface area contributed by atoms with E-state index in [1.54, 1.807) is 23.1 Å². The van der Waals surface area contributed by atoms with Crippen molar-refractivity contribution in [2.45, 2.75) is 12.7 Å². The van der Waals surface area contributed by atoms with Crippen LogP contribution in [0.25, 0.3) is 0 Å². The van der Waals surface area contributed by atoms with Crippen LogP contribution in [0.15, 0.2) is 42.7 Å². The minimum atomic E-state index is -4.49. The summed E-state index contributed by atoms with van der Waals surface area (Å²) >= 11 is 0.